The van der Waals surface area contributed by atoms with E-state index in [1.54, 1.807) is 7.11 Å². The van der Waals surface area contributed by atoms with Crippen molar-refractivity contribution >= 4 is 5.91 Å². The van der Waals surface area contributed by atoms with Gasteiger partial charge in [-0.05, 0) is 43.5 Å². The van der Waals surface area contributed by atoms with Crippen LogP contribution in [0, 0.1) is 0 Å². The average Bonchev–Trinajstić information content (AvgIpc) is 3.24. The molecule has 0 bridgehead atoms. The number of aromatic nitrogens is 2. The second-order valence-corrected chi connectivity index (χ2v) is 6.53. The minimum Gasteiger partial charge on any atom is -0.496 e. The summed E-state index contributed by atoms with van der Waals surface area (Å²) < 4.78 is 10.9. The predicted octanol–water partition coefficient (Wildman–Crippen LogP) is 4.11. The minimum absolute atomic E-state index is 0.00246. The van der Waals surface area contributed by atoms with Gasteiger partial charge >= 0.3 is 0 Å². The zero-order valence-electron chi connectivity index (χ0n) is 15.2. The number of para-hydroxylation sites is 1. The highest BCUT2D eigenvalue weighted by molar-refractivity contribution is 5.94. The molecular formula is C21H21N3O3. The second kappa shape index (κ2) is 7.61. The molecule has 1 aliphatic heterocycles. The van der Waals surface area contributed by atoms with Gasteiger partial charge in [-0.15, -0.1) is 0 Å². The number of benzene rings is 2. The molecule has 6 nitrogen and oxygen atoms in total. The molecule has 1 aromatic heterocycles. The summed E-state index contributed by atoms with van der Waals surface area (Å²) in [6.07, 6.45) is 2.81. The molecular weight excluding hydrogens is 342 g/mol. The lowest BCUT2D eigenvalue weighted by atomic mass is 10.0. The Balaban J connectivity index is 1.63. The van der Waals surface area contributed by atoms with Gasteiger partial charge in [0.15, 0.2) is 0 Å². The van der Waals surface area contributed by atoms with Crippen LogP contribution in [0.5, 0.6) is 5.75 Å². The van der Waals surface area contributed by atoms with Crippen LogP contribution in [0.1, 0.15) is 41.6 Å². The first kappa shape index (κ1) is 17.3. The standard InChI is InChI=1S/C21H21N3O3/c1-26-18-13-6-5-11-16(18)19-22-20(27-23-19)17-12-7-8-14-24(17)21(25)15-9-3-2-4-10-15/h2-6,9-11,13,17H,7-8,12,14H2,1H3/t17-/m0/s1. The van der Waals surface area contributed by atoms with Crippen molar-refractivity contribution < 1.29 is 14.1 Å². The number of rotatable bonds is 4. The SMILES string of the molecule is COc1ccccc1-c1noc([C@@H]2CCCCN2C(=O)c2ccccc2)n1. The Morgan fingerprint density at radius 1 is 1.11 bits per heavy atom. The highest BCUT2D eigenvalue weighted by Gasteiger charge is 2.33. The van der Waals surface area contributed by atoms with Crippen molar-refractivity contribution in [1.29, 1.82) is 0 Å². The number of carbonyl (C=O) groups excluding carboxylic acids is 1. The van der Waals surface area contributed by atoms with Crippen molar-refractivity contribution in [2.24, 2.45) is 0 Å². The van der Waals surface area contributed by atoms with Crippen molar-refractivity contribution in [1.82, 2.24) is 15.0 Å². The number of nitrogens with zero attached hydrogens (tertiary/aromatic N) is 3. The fraction of sp³-hybridized carbons (Fsp3) is 0.286. The molecule has 0 spiro atoms. The normalized spacial score (nSPS) is 16.9. The number of hydrogen-bond acceptors (Lipinski definition) is 5. The van der Waals surface area contributed by atoms with Gasteiger partial charge in [-0.1, -0.05) is 35.5 Å². The van der Waals surface area contributed by atoms with Crippen LogP contribution in [-0.2, 0) is 0 Å². The Hall–Kier alpha value is -3.15. The monoisotopic (exact) mass is 363 g/mol. The summed E-state index contributed by atoms with van der Waals surface area (Å²) in [5.74, 6) is 1.63. The Morgan fingerprint density at radius 3 is 2.70 bits per heavy atom. The number of amides is 1. The maximum absolute atomic E-state index is 13.0. The van der Waals surface area contributed by atoms with E-state index in [4.69, 9.17) is 9.26 Å². The average molecular weight is 363 g/mol. The Bertz CT molecular complexity index is 923. The zero-order valence-corrected chi connectivity index (χ0v) is 15.2. The molecule has 1 amide bonds. The van der Waals surface area contributed by atoms with E-state index in [0.717, 1.165) is 24.8 Å². The third-order valence-electron chi connectivity index (χ3n) is 4.86. The lowest BCUT2D eigenvalue weighted by Gasteiger charge is -2.33. The molecule has 0 saturated carbocycles. The van der Waals surface area contributed by atoms with E-state index < -0.39 is 0 Å². The van der Waals surface area contributed by atoms with E-state index in [0.29, 0.717) is 29.6 Å². The Morgan fingerprint density at radius 2 is 1.89 bits per heavy atom. The largest absolute Gasteiger partial charge is 0.496 e. The van der Waals surface area contributed by atoms with Crippen LogP contribution >= 0.6 is 0 Å². The topological polar surface area (TPSA) is 68.5 Å². The van der Waals surface area contributed by atoms with Crippen LogP contribution in [0.3, 0.4) is 0 Å². The molecule has 27 heavy (non-hydrogen) atoms. The molecule has 2 heterocycles. The van der Waals surface area contributed by atoms with Gasteiger partial charge in [0, 0.05) is 12.1 Å². The van der Waals surface area contributed by atoms with Gasteiger partial charge in [0.2, 0.25) is 11.7 Å². The third-order valence-corrected chi connectivity index (χ3v) is 4.86. The smallest absolute Gasteiger partial charge is 0.254 e. The van der Waals surface area contributed by atoms with E-state index in [2.05, 4.69) is 10.1 Å². The number of hydrogen-bond donors (Lipinski definition) is 0. The van der Waals surface area contributed by atoms with Crippen LogP contribution in [0.25, 0.3) is 11.4 Å². The summed E-state index contributed by atoms with van der Waals surface area (Å²) in [5, 5.41) is 4.13. The highest BCUT2D eigenvalue weighted by Crippen LogP contribution is 2.34. The summed E-state index contributed by atoms with van der Waals surface area (Å²) in [7, 11) is 1.61. The van der Waals surface area contributed by atoms with Gasteiger partial charge in [-0.3, -0.25) is 4.79 Å². The summed E-state index contributed by atoms with van der Waals surface area (Å²) in [4.78, 5) is 19.4. The maximum atomic E-state index is 13.0. The molecule has 1 saturated heterocycles. The molecule has 2 aromatic carbocycles. The molecule has 138 valence electrons. The van der Waals surface area contributed by atoms with Gasteiger partial charge in [0.25, 0.3) is 5.91 Å². The molecule has 0 unspecified atom stereocenters. The van der Waals surface area contributed by atoms with Crippen molar-refractivity contribution in [2.75, 3.05) is 13.7 Å². The first-order chi connectivity index (χ1) is 13.3. The van der Waals surface area contributed by atoms with E-state index in [1.165, 1.54) is 0 Å². The molecule has 1 atom stereocenters. The van der Waals surface area contributed by atoms with Crippen LogP contribution in [-0.4, -0.2) is 34.6 Å². The number of carbonyl (C=O) groups is 1. The molecule has 0 radical (unpaired) electrons. The molecule has 1 fully saturated rings. The van der Waals surface area contributed by atoms with Gasteiger partial charge in [0.1, 0.15) is 11.8 Å². The fourth-order valence-electron chi connectivity index (χ4n) is 3.49. The van der Waals surface area contributed by atoms with E-state index in [1.807, 2.05) is 59.5 Å². The fourth-order valence-corrected chi connectivity index (χ4v) is 3.49. The van der Waals surface area contributed by atoms with E-state index in [9.17, 15) is 4.79 Å². The number of ether oxygens (including phenoxy) is 1. The van der Waals surface area contributed by atoms with Crippen LogP contribution in [0.2, 0.25) is 0 Å². The van der Waals surface area contributed by atoms with E-state index >= 15 is 0 Å². The summed E-state index contributed by atoms with van der Waals surface area (Å²) in [6, 6.07) is 16.7. The van der Waals surface area contributed by atoms with Crippen molar-refractivity contribution in [3.05, 3.63) is 66.1 Å². The summed E-state index contributed by atoms with van der Waals surface area (Å²) >= 11 is 0. The first-order valence-electron chi connectivity index (χ1n) is 9.11. The van der Waals surface area contributed by atoms with Crippen molar-refractivity contribution in [2.45, 2.75) is 25.3 Å². The lowest BCUT2D eigenvalue weighted by Crippen LogP contribution is -2.38. The molecule has 4 rings (SSSR count). The Kier molecular flexibility index (Phi) is 4.87. The number of methoxy groups -OCH3 is 1. The molecule has 6 heteroatoms. The van der Waals surface area contributed by atoms with Crippen molar-refractivity contribution in [3.63, 3.8) is 0 Å². The third kappa shape index (κ3) is 3.43. The second-order valence-electron chi connectivity index (χ2n) is 6.53. The predicted molar refractivity (Wildman–Crippen MR) is 100 cm³/mol. The zero-order chi connectivity index (χ0) is 18.6. The van der Waals surface area contributed by atoms with Gasteiger partial charge in [-0.25, -0.2) is 0 Å². The molecule has 0 aliphatic carbocycles. The first-order valence-corrected chi connectivity index (χ1v) is 9.11. The van der Waals surface area contributed by atoms with Gasteiger partial charge in [0.05, 0.1) is 12.7 Å². The van der Waals surface area contributed by atoms with Crippen LogP contribution in [0.4, 0.5) is 0 Å². The number of piperidine rings is 1. The van der Waals surface area contributed by atoms with Crippen LogP contribution in [0.15, 0.2) is 59.1 Å². The molecule has 3 aromatic rings. The summed E-state index contributed by atoms with van der Waals surface area (Å²) in [5.41, 5.74) is 1.45. The summed E-state index contributed by atoms with van der Waals surface area (Å²) in [6.45, 7) is 0.685. The maximum Gasteiger partial charge on any atom is 0.254 e. The minimum atomic E-state index is -0.206. The van der Waals surface area contributed by atoms with E-state index in [-0.39, 0.29) is 11.9 Å². The molecule has 1 aliphatic rings. The Labute approximate surface area is 157 Å². The van der Waals surface area contributed by atoms with Crippen molar-refractivity contribution in [3.8, 4) is 17.1 Å². The quantitative estimate of drug-likeness (QED) is 0.698. The van der Waals surface area contributed by atoms with Gasteiger partial charge < -0.3 is 14.2 Å². The van der Waals surface area contributed by atoms with Gasteiger partial charge in [-0.2, -0.15) is 4.98 Å². The highest BCUT2D eigenvalue weighted by atomic mass is 16.5. The number of likely N-dealkylation sites (tertiary alicyclic amines) is 1. The van der Waals surface area contributed by atoms with Crippen LogP contribution < -0.4 is 4.74 Å². The molecule has 0 N–H and O–H groups in total. The lowest BCUT2D eigenvalue weighted by molar-refractivity contribution is 0.0561.